The first-order valence-corrected chi connectivity index (χ1v) is 9.77. The molecule has 1 saturated heterocycles. The fourth-order valence-electron chi connectivity index (χ4n) is 4.39. The summed E-state index contributed by atoms with van der Waals surface area (Å²) < 4.78 is 15.3. The Balaban J connectivity index is 1.29. The molecule has 3 aromatic rings. The van der Waals surface area contributed by atoms with Gasteiger partial charge in [0, 0.05) is 44.5 Å². The zero-order valence-electron chi connectivity index (χ0n) is 15.8. The van der Waals surface area contributed by atoms with Gasteiger partial charge in [0.2, 0.25) is 5.82 Å². The molecule has 2 aliphatic rings. The number of anilines is 1. The number of hydrogen-bond donors (Lipinski definition) is 1. The molecule has 0 bridgehead atoms. The van der Waals surface area contributed by atoms with Gasteiger partial charge in [0.05, 0.1) is 5.69 Å². The predicted octanol–water partition coefficient (Wildman–Crippen LogP) is 2.37. The van der Waals surface area contributed by atoms with Crippen molar-refractivity contribution >= 4 is 11.6 Å². The van der Waals surface area contributed by atoms with Crippen LogP contribution in [0.15, 0.2) is 48.7 Å². The lowest BCUT2D eigenvalue weighted by molar-refractivity contribution is 0.100. The molecule has 4 heterocycles. The van der Waals surface area contributed by atoms with Crippen LogP contribution in [0.1, 0.15) is 22.1 Å². The summed E-state index contributed by atoms with van der Waals surface area (Å²) in [5.74, 6) is 1.32. The molecule has 7 nitrogen and oxygen atoms in total. The molecular formula is C21H21FN6O. The first kappa shape index (κ1) is 17.9. The summed E-state index contributed by atoms with van der Waals surface area (Å²) in [4.78, 5) is 19.5. The third-order valence-corrected chi connectivity index (χ3v) is 5.74. The zero-order chi connectivity index (χ0) is 19.8. The lowest BCUT2D eigenvalue weighted by atomic mass is 9.89. The molecule has 0 spiro atoms. The van der Waals surface area contributed by atoms with Crippen molar-refractivity contribution in [1.29, 1.82) is 0 Å². The Bertz CT molecular complexity index is 1040. The van der Waals surface area contributed by atoms with Gasteiger partial charge in [-0.15, -0.1) is 10.2 Å². The molecule has 148 valence electrons. The molecular weight excluding hydrogens is 371 g/mol. The fourth-order valence-corrected chi connectivity index (χ4v) is 4.39. The van der Waals surface area contributed by atoms with E-state index in [4.69, 9.17) is 0 Å². The van der Waals surface area contributed by atoms with Crippen molar-refractivity contribution in [3.05, 3.63) is 71.8 Å². The van der Waals surface area contributed by atoms with Gasteiger partial charge in [-0.1, -0.05) is 12.1 Å². The number of nitrogens with one attached hydrogen (secondary N) is 1. The van der Waals surface area contributed by atoms with Crippen LogP contribution in [0, 0.1) is 17.7 Å². The number of fused-ring (bicyclic) bond motifs is 2. The van der Waals surface area contributed by atoms with Crippen LogP contribution in [0.4, 0.5) is 10.1 Å². The number of carbonyl (C=O) groups is 1. The lowest BCUT2D eigenvalue weighted by Gasteiger charge is -2.25. The van der Waals surface area contributed by atoms with Gasteiger partial charge >= 0.3 is 0 Å². The number of amides is 1. The molecule has 5 rings (SSSR count). The second-order valence-corrected chi connectivity index (χ2v) is 7.75. The molecule has 29 heavy (non-hydrogen) atoms. The Labute approximate surface area is 167 Å². The molecule has 2 aromatic heterocycles. The van der Waals surface area contributed by atoms with E-state index in [0.717, 1.165) is 44.1 Å². The largest absolute Gasteiger partial charge is 0.319 e. The number of carbonyl (C=O) groups excluding carboxylic acids is 1. The Kier molecular flexibility index (Phi) is 4.55. The number of aromatic nitrogens is 4. The maximum atomic E-state index is 13.4. The van der Waals surface area contributed by atoms with Gasteiger partial charge < -0.3 is 9.88 Å². The number of halogens is 1. The average molecular weight is 392 g/mol. The van der Waals surface area contributed by atoms with Gasteiger partial charge in [0.25, 0.3) is 5.91 Å². The van der Waals surface area contributed by atoms with E-state index in [1.165, 1.54) is 12.1 Å². The van der Waals surface area contributed by atoms with E-state index in [-0.39, 0.29) is 11.7 Å². The molecule has 2 atom stereocenters. The van der Waals surface area contributed by atoms with Crippen molar-refractivity contribution in [3.8, 4) is 0 Å². The summed E-state index contributed by atoms with van der Waals surface area (Å²) in [6.07, 6.45) is 2.63. The Hall–Kier alpha value is -3.13. The van der Waals surface area contributed by atoms with E-state index in [9.17, 15) is 9.18 Å². The highest BCUT2D eigenvalue weighted by Crippen LogP contribution is 2.33. The second kappa shape index (κ2) is 7.36. The Morgan fingerprint density at radius 1 is 1.10 bits per heavy atom. The summed E-state index contributed by atoms with van der Waals surface area (Å²) in [5.41, 5.74) is 1.48. The van der Waals surface area contributed by atoms with Crippen LogP contribution in [-0.2, 0) is 19.5 Å². The maximum absolute atomic E-state index is 13.4. The monoisotopic (exact) mass is 392 g/mol. The Morgan fingerprint density at radius 2 is 2.00 bits per heavy atom. The topological polar surface area (TPSA) is 75.9 Å². The summed E-state index contributed by atoms with van der Waals surface area (Å²) in [6.45, 7) is 3.52. The van der Waals surface area contributed by atoms with Crippen LogP contribution in [0.2, 0.25) is 0 Å². The molecule has 2 aliphatic heterocycles. The molecule has 1 N–H and O–H groups in total. The van der Waals surface area contributed by atoms with Crippen LogP contribution < -0.4 is 5.32 Å². The van der Waals surface area contributed by atoms with Gasteiger partial charge in [-0.3, -0.25) is 14.7 Å². The van der Waals surface area contributed by atoms with E-state index in [1.807, 2.05) is 29.0 Å². The second-order valence-electron chi connectivity index (χ2n) is 7.75. The highest BCUT2D eigenvalue weighted by atomic mass is 19.1. The van der Waals surface area contributed by atoms with Gasteiger partial charge in [-0.2, -0.15) is 0 Å². The van der Waals surface area contributed by atoms with Crippen LogP contribution in [-0.4, -0.2) is 43.6 Å². The standard InChI is InChI=1S/C21H21FN6O/c22-16-4-3-6-17(9-16)24-21(29)20-26-25-19-8-14-10-27(11-15(14)12-28(19)20)13-18-5-1-2-7-23-18/h1-7,9,14-15H,8,10-13H2,(H,24,29)/t14-,15+/m1/s1. The molecule has 0 radical (unpaired) electrons. The highest BCUT2D eigenvalue weighted by Gasteiger charge is 2.39. The third kappa shape index (κ3) is 3.63. The average Bonchev–Trinajstić information content (AvgIpc) is 3.29. The van der Waals surface area contributed by atoms with Crippen LogP contribution >= 0.6 is 0 Å². The summed E-state index contributed by atoms with van der Waals surface area (Å²) in [5, 5.41) is 11.1. The van der Waals surface area contributed by atoms with Gasteiger partial charge in [-0.05, 0) is 42.2 Å². The molecule has 1 amide bonds. The van der Waals surface area contributed by atoms with Crippen molar-refractivity contribution in [1.82, 2.24) is 24.6 Å². The number of nitrogens with zero attached hydrogens (tertiary/aromatic N) is 5. The van der Waals surface area contributed by atoms with Crippen LogP contribution in [0.25, 0.3) is 0 Å². The van der Waals surface area contributed by atoms with E-state index in [2.05, 4.69) is 25.4 Å². The highest BCUT2D eigenvalue weighted by molar-refractivity contribution is 6.01. The van der Waals surface area contributed by atoms with Crippen molar-refractivity contribution in [2.24, 2.45) is 11.8 Å². The van der Waals surface area contributed by atoms with Gasteiger partial charge in [-0.25, -0.2) is 4.39 Å². The van der Waals surface area contributed by atoms with E-state index >= 15 is 0 Å². The van der Waals surface area contributed by atoms with Gasteiger partial charge in [0.1, 0.15) is 11.6 Å². The number of likely N-dealkylation sites (tertiary alicyclic amines) is 1. The normalized spacial score (nSPS) is 20.9. The van der Waals surface area contributed by atoms with Crippen LogP contribution in [0.5, 0.6) is 0 Å². The zero-order valence-corrected chi connectivity index (χ0v) is 15.8. The minimum atomic E-state index is -0.395. The molecule has 1 aromatic carbocycles. The summed E-state index contributed by atoms with van der Waals surface area (Å²) >= 11 is 0. The minimum absolute atomic E-state index is 0.283. The number of pyridine rings is 1. The van der Waals surface area contributed by atoms with E-state index in [0.29, 0.717) is 17.5 Å². The first-order chi connectivity index (χ1) is 14.2. The smallest absolute Gasteiger partial charge is 0.293 e. The summed E-state index contributed by atoms with van der Waals surface area (Å²) in [6, 6.07) is 11.8. The number of rotatable bonds is 4. The maximum Gasteiger partial charge on any atom is 0.293 e. The van der Waals surface area contributed by atoms with Gasteiger partial charge in [0.15, 0.2) is 0 Å². The third-order valence-electron chi connectivity index (χ3n) is 5.74. The summed E-state index contributed by atoms with van der Waals surface area (Å²) in [7, 11) is 0. The van der Waals surface area contributed by atoms with Crippen molar-refractivity contribution in [3.63, 3.8) is 0 Å². The van der Waals surface area contributed by atoms with E-state index < -0.39 is 5.82 Å². The molecule has 0 unspecified atom stereocenters. The van der Waals surface area contributed by atoms with Crippen molar-refractivity contribution in [2.75, 3.05) is 18.4 Å². The molecule has 8 heteroatoms. The number of benzene rings is 1. The van der Waals surface area contributed by atoms with Crippen LogP contribution in [0.3, 0.4) is 0 Å². The fraction of sp³-hybridized carbons (Fsp3) is 0.333. The molecule has 0 aliphatic carbocycles. The predicted molar refractivity (Wildman–Crippen MR) is 105 cm³/mol. The SMILES string of the molecule is O=C(Nc1cccc(F)c1)c1nnc2n1C[C@@H]1CN(Cc3ccccn3)C[C@H]1C2. The van der Waals surface area contributed by atoms with E-state index in [1.54, 1.807) is 12.1 Å². The molecule has 0 saturated carbocycles. The number of hydrogen-bond acceptors (Lipinski definition) is 5. The first-order valence-electron chi connectivity index (χ1n) is 9.77. The molecule has 1 fully saturated rings. The minimum Gasteiger partial charge on any atom is -0.319 e. The Morgan fingerprint density at radius 3 is 2.83 bits per heavy atom. The lowest BCUT2D eigenvalue weighted by Crippen LogP contribution is -2.31. The quantitative estimate of drug-likeness (QED) is 0.738. The van der Waals surface area contributed by atoms with Crippen molar-refractivity contribution < 1.29 is 9.18 Å². The van der Waals surface area contributed by atoms with Crippen molar-refractivity contribution in [2.45, 2.75) is 19.5 Å².